The van der Waals surface area contributed by atoms with Gasteiger partial charge in [0.2, 0.25) is 5.91 Å². The highest BCUT2D eigenvalue weighted by atomic mass is 35.5. The maximum absolute atomic E-state index is 11.5. The molecule has 1 unspecified atom stereocenters. The number of alkyl halides is 1. The third-order valence-electron chi connectivity index (χ3n) is 3.08. The van der Waals surface area contributed by atoms with Gasteiger partial charge in [-0.1, -0.05) is 24.3 Å². The van der Waals surface area contributed by atoms with Crippen LogP contribution in [0.1, 0.15) is 23.6 Å². The second-order valence-corrected chi connectivity index (χ2v) is 4.16. The largest absolute Gasteiger partial charge is 0.338 e. The summed E-state index contributed by atoms with van der Waals surface area (Å²) in [7, 11) is 1.83. The van der Waals surface area contributed by atoms with Crippen molar-refractivity contribution in [2.75, 3.05) is 12.9 Å². The summed E-state index contributed by atoms with van der Waals surface area (Å²) in [5.74, 6) is 0.0631. The molecule has 0 saturated carbocycles. The van der Waals surface area contributed by atoms with E-state index < -0.39 is 0 Å². The highest BCUT2D eigenvalue weighted by molar-refractivity contribution is 6.27. The number of fused-ring (bicyclic) bond motifs is 1. The van der Waals surface area contributed by atoms with Crippen molar-refractivity contribution in [2.45, 2.75) is 18.9 Å². The highest BCUT2D eigenvalue weighted by Gasteiger charge is 2.27. The third kappa shape index (κ3) is 1.86. The third-order valence-corrected chi connectivity index (χ3v) is 3.31. The van der Waals surface area contributed by atoms with E-state index in [0.717, 1.165) is 12.8 Å². The van der Waals surface area contributed by atoms with Crippen LogP contribution in [0.25, 0.3) is 0 Å². The van der Waals surface area contributed by atoms with Gasteiger partial charge in [0, 0.05) is 7.05 Å². The Labute approximate surface area is 94.8 Å². The zero-order valence-corrected chi connectivity index (χ0v) is 9.50. The maximum atomic E-state index is 11.5. The molecule has 0 spiro atoms. The molecule has 80 valence electrons. The molecule has 0 saturated heterocycles. The summed E-state index contributed by atoms with van der Waals surface area (Å²) >= 11 is 5.56. The minimum absolute atomic E-state index is 0.00151. The van der Waals surface area contributed by atoms with Gasteiger partial charge in [-0.15, -0.1) is 11.6 Å². The zero-order valence-electron chi connectivity index (χ0n) is 8.74. The molecule has 15 heavy (non-hydrogen) atoms. The van der Waals surface area contributed by atoms with Crippen molar-refractivity contribution in [3.05, 3.63) is 35.4 Å². The van der Waals surface area contributed by atoms with Gasteiger partial charge in [-0.2, -0.15) is 0 Å². The fourth-order valence-corrected chi connectivity index (χ4v) is 2.39. The number of aryl methyl sites for hydroxylation is 1. The van der Waals surface area contributed by atoms with Crippen LogP contribution in [0.2, 0.25) is 0 Å². The SMILES string of the molecule is CN(C(=O)CCl)C1CCc2ccccc21. The molecular formula is C12H14ClNO. The molecule has 1 aliphatic rings. The molecule has 0 aromatic heterocycles. The van der Waals surface area contributed by atoms with E-state index in [1.807, 2.05) is 19.2 Å². The second-order valence-electron chi connectivity index (χ2n) is 3.89. The Balaban J connectivity index is 2.24. The summed E-state index contributed by atoms with van der Waals surface area (Å²) in [5, 5.41) is 0. The van der Waals surface area contributed by atoms with Gasteiger partial charge in [0.25, 0.3) is 0 Å². The standard InChI is InChI=1S/C12H14ClNO/c1-14(12(15)8-13)11-7-6-9-4-2-3-5-10(9)11/h2-5,11H,6-8H2,1H3. The van der Waals surface area contributed by atoms with Crippen molar-refractivity contribution in [2.24, 2.45) is 0 Å². The molecule has 0 bridgehead atoms. The lowest BCUT2D eigenvalue weighted by molar-refractivity contribution is -0.129. The highest BCUT2D eigenvalue weighted by Crippen LogP contribution is 2.34. The average molecular weight is 224 g/mol. The van der Waals surface area contributed by atoms with Crippen molar-refractivity contribution in [1.82, 2.24) is 4.90 Å². The van der Waals surface area contributed by atoms with E-state index in [2.05, 4.69) is 12.1 Å². The fraction of sp³-hybridized carbons (Fsp3) is 0.417. The lowest BCUT2D eigenvalue weighted by Gasteiger charge is -2.24. The zero-order chi connectivity index (χ0) is 10.8. The Morgan fingerprint density at radius 3 is 3.00 bits per heavy atom. The Morgan fingerprint density at radius 1 is 1.53 bits per heavy atom. The van der Waals surface area contributed by atoms with Crippen molar-refractivity contribution < 1.29 is 4.79 Å². The van der Waals surface area contributed by atoms with Crippen LogP contribution in [0.15, 0.2) is 24.3 Å². The van der Waals surface area contributed by atoms with Gasteiger partial charge in [0.05, 0.1) is 6.04 Å². The van der Waals surface area contributed by atoms with E-state index in [1.54, 1.807) is 4.90 Å². The normalized spacial score (nSPS) is 18.7. The van der Waals surface area contributed by atoms with Gasteiger partial charge in [-0.3, -0.25) is 4.79 Å². The predicted octanol–water partition coefficient (Wildman–Crippen LogP) is 2.37. The average Bonchev–Trinajstić information content (AvgIpc) is 2.70. The Hall–Kier alpha value is -1.02. The van der Waals surface area contributed by atoms with Crippen molar-refractivity contribution in [1.29, 1.82) is 0 Å². The molecule has 1 aromatic rings. The molecule has 0 fully saturated rings. The molecule has 1 aliphatic carbocycles. The smallest absolute Gasteiger partial charge is 0.237 e. The lowest BCUT2D eigenvalue weighted by Crippen LogP contribution is -2.30. The molecular weight excluding hydrogens is 210 g/mol. The van der Waals surface area contributed by atoms with Gasteiger partial charge in [-0.25, -0.2) is 0 Å². The molecule has 1 amide bonds. The molecule has 3 heteroatoms. The number of rotatable bonds is 2. The quantitative estimate of drug-likeness (QED) is 0.705. The molecule has 0 N–H and O–H groups in total. The summed E-state index contributed by atoms with van der Waals surface area (Å²) in [6, 6.07) is 8.52. The summed E-state index contributed by atoms with van der Waals surface area (Å²) in [4.78, 5) is 13.3. The number of halogens is 1. The number of nitrogens with zero attached hydrogens (tertiary/aromatic N) is 1. The van der Waals surface area contributed by atoms with E-state index in [9.17, 15) is 4.79 Å². The molecule has 2 rings (SSSR count). The van der Waals surface area contributed by atoms with Crippen molar-refractivity contribution in [3.8, 4) is 0 Å². The van der Waals surface area contributed by atoms with Crippen LogP contribution in [0.4, 0.5) is 0 Å². The van der Waals surface area contributed by atoms with Crippen LogP contribution in [-0.2, 0) is 11.2 Å². The Morgan fingerprint density at radius 2 is 2.27 bits per heavy atom. The van der Waals surface area contributed by atoms with Gasteiger partial charge >= 0.3 is 0 Å². The summed E-state index contributed by atoms with van der Waals surface area (Å²) in [5.41, 5.74) is 2.63. The minimum Gasteiger partial charge on any atom is -0.338 e. The first-order valence-corrected chi connectivity index (χ1v) is 5.67. The minimum atomic E-state index is -0.00151. The Kier molecular flexibility index (Phi) is 2.96. The first-order chi connectivity index (χ1) is 7.24. The number of benzene rings is 1. The molecule has 1 atom stereocenters. The van der Waals surface area contributed by atoms with E-state index in [0.29, 0.717) is 0 Å². The lowest BCUT2D eigenvalue weighted by atomic mass is 10.1. The predicted molar refractivity (Wildman–Crippen MR) is 61.0 cm³/mol. The molecule has 0 heterocycles. The molecule has 0 aliphatic heterocycles. The van der Waals surface area contributed by atoms with Crippen LogP contribution in [-0.4, -0.2) is 23.7 Å². The van der Waals surface area contributed by atoms with Crippen LogP contribution < -0.4 is 0 Å². The summed E-state index contributed by atoms with van der Waals surface area (Å²) < 4.78 is 0. The van der Waals surface area contributed by atoms with Crippen LogP contribution in [0, 0.1) is 0 Å². The summed E-state index contributed by atoms with van der Waals surface area (Å²) in [6.07, 6.45) is 2.07. The topological polar surface area (TPSA) is 20.3 Å². The van der Waals surface area contributed by atoms with E-state index in [1.165, 1.54) is 11.1 Å². The van der Waals surface area contributed by atoms with Gasteiger partial charge in [-0.05, 0) is 24.0 Å². The molecule has 1 aromatic carbocycles. The second kappa shape index (κ2) is 4.23. The van der Waals surface area contributed by atoms with Gasteiger partial charge in [0.15, 0.2) is 0 Å². The number of carbonyl (C=O) groups excluding carboxylic acids is 1. The first kappa shape index (κ1) is 10.5. The first-order valence-electron chi connectivity index (χ1n) is 5.13. The van der Waals surface area contributed by atoms with E-state index in [-0.39, 0.29) is 17.8 Å². The van der Waals surface area contributed by atoms with Crippen LogP contribution in [0.3, 0.4) is 0 Å². The number of hydrogen-bond donors (Lipinski definition) is 0. The van der Waals surface area contributed by atoms with E-state index >= 15 is 0 Å². The summed E-state index contributed by atoms with van der Waals surface area (Å²) in [6.45, 7) is 0. The fourth-order valence-electron chi connectivity index (χ4n) is 2.21. The van der Waals surface area contributed by atoms with Crippen LogP contribution >= 0.6 is 11.6 Å². The monoisotopic (exact) mass is 223 g/mol. The molecule has 2 nitrogen and oxygen atoms in total. The number of hydrogen-bond acceptors (Lipinski definition) is 1. The maximum Gasteiger partial charge on any atom is 0.237 e. The van der Waals surface area contributed by atoms with Gasteiger partial charge in [0.1, 0.15) is 5.88 Å². The molecule has 0 radical (unpaired) electrons. The van der Waals surface area contributed by atoms with E-state index in [4.69, 9.17) is 11.6 Å². The number of carbonyl (C=O) groups is 1. The van der Waals surface area contributed by atoms with Gasteiger partial charge < -0.3 is 4.90 Å². The Bertz CT molecular complexity index is 378. The van der Waals surface area contributed by atoms with Crippen molar-refractivity contribution >= 4 is 17.5 Å². The van der Waals surface area contributed by atoms with Crippen molar-refractivity contribution in [3.63, 3.8) is 0 Å². The number of amides is 1. The van der Waals surface area contributed by atoms with Crippen LogP contribution in [0.5, 0.6) is 0 Å².